The number of carbonyl (C=O) groups excluding carboxylic acids is 6. The molecule has 2 unspecified atom stereocenters. The Bertz CT molecular complexity index is 5750. The van der Waals surface area contributed by atoms with E-state index >= 15 is 9.59 Å². The zero-order valence-electron chi connectivity index (χ0n) is 75.7. The van der Waals surface area contributed by atoms with Crippen molar-refractivity contribution in [3.8, 4) is 66.0 Å². The first-order valence-corrected chi connectivity index (χ1v) is 47.5. The summed E-state index contributed by atoms with van der Waals surface area (Å²) in [6, 6.07) is 30.0. The maximum Gasteiger partial charge on any atom is 0.246 e. The number of thiazole rings is 2. The maximum absolute atomic E-state index is 15.6. The van der Waals surface area contributed by atoms with E-state index in [1.54, 1.807) is 59.2 Å². The number of anilines is 4. The number of amides is 6. The van der Waals surface area contributed by atoms with Crippen LogP contribution in [0.2, 0.25) is 0 Å². The molecule has 11 heterocycles. The summed E-state index contributed by atoms with van der Waals surface area (Å²) in [4.78, 5) is 136. The molecule has 10 N–H and O–H groups in total. The van der Waals surface area contributed by atoms with Crippen LogP contribution < -0.4 is 42.5 Å². The Morgan fingerprint density at radius 1 is 0.527 bits per heavy atom. The summed E-state index contributed by atoms with van der Waals surface area (Å²) in [5.74, 6) is -1.03. The summed E-state index contributed by atoms with van der Waals surface area (Å²) in [6.07, 6.45) is 13.7. The highest BCUT2D eigenvalue weighted by molar-refractivity contribution is 7.13. The van der Waals surface area contributed by atoms with Gasteiger partial charge < -0.3 is 72.3 Å². The number of phenols is 2. The van der Waals surface area contributed by atoms with Crippen molar-refractivity contribution in [2.24, 2.45) is 28.6 Å². The van der Waals surface area contributed by atoms with Crippen molar-refractivity contribution in [2.45, 2.75) is 213 Å². The second-order valence-corrected chi connectivity index (χ2v) is 40.5. The zero-order chi connectivity index (χ0) is 91.7. The van der Waals surface area contributed by atoms with Gasteiger partial charge in [-0.1, -0.05) is 114 Å². The average molecular weight is 1820 g/mol. The molecule has 5 aliphatic heterocycles. The molecule has 6 amide bonds. The summed E-state index contributed by atoms with van der Waals surface area (Å²) in [5.41, 5.74) is 25.8. The number of hydrogen-bond acceptors (Lipinski definition) is 27. The van der Waals surface area contributed by atoms with Gasteiger partial charge in [-0.05, 0) is 161 Å². The van der Waals surface area contributed by atoms with Crippen molar-refractivity contribution in [2.75, 3.05) is 74.1 Å². The molecule has 2 saturated carbocycles. The minimum atomic E-state index is -1.06. The Morgan fingerprint density at radius 3 is 1.52 bits per heavy atom. The predicted molar refractivity (Wildman–Crippen MR) is 501 cm³/mol. The Kier molecular flexibility index (Phi) is 27.0. The lowest BCUT2D eigenvalue weighted by molar-refractivity contribution is -0.345. The van der Waals surface area contributed by atoms with Crippen LogP contribution >= 0.6 is 22.7 Å². The normalized spacial score (nSPS) is 22.4. The second kappa shape index (κ2) is 38.8. The Balaban J connectivity index is 0.528. The fourth-order valence-electron chi connectivity index (χ4n) is 20.0. The largest absolute Gasteiger partial charge is 0.507 e. The number of piperazine rings is 1. The number of aryl methyl sites for hydroxylation is 2. The van der Waals surface area contributed by atoms with E-state index in [9.17, 15) is 29.4 Å². The van der Waals surface area contributed by atoms with Crippen LogP contribution in [0.15, 0.2) is 145 Å². The molecule has 2 bridgehead atoms. The number of carbonyl (C=O) groups is 6. The molecule has 688 valence electrons. The van der Waals surface area contributed by atoms with Gasteiger partial charge in [-0.15, -0.1) is 43.1 Å². The van der Waals surface area contributed by atoms with Gasteiger partial charge in [0.25, 0.3) is 0 Å². The standard InChI is InChI=1S/C97H118N22O10S2/c1-56-83(130-54-104-56)62-24-18-58(19-25-62)42-100-91(124)79-38-71(52-116(79)93(126)85(96(3,4)5)107-89(122)64-28-22-60(23-29-64)47-113(9)48-61-44-102-95(103-45-61)119-68-30-31-69(119)51-115(50-68)78-41-77(110-112-88(78)99)74-15-11-13-17-82(74)121)128-129-72-39-80(92(125)101-43-59-20-26-63(27-21-59)84-57(2)105-55-131-84)117(53-72)94(127)86(97(6,7)8)108-90(123)65-36-70(37-65)114-34-32-67(33-35-114)118-49-66(46-106-118)75-40-76(109-111-87(75)98)73-14-10-12-16-81(73)120/h10-21,24-27,40-41,44-46,49,54-55,60,64-65,67-72,79-80,85-86,120-121H,22-23,28-39,42-43,47-48,50-53H2,1-9H3,(H2,98,111)(H2,99,112)(H,100,124)(H,101,125)(H,107,122)(H,108,123)/t60?,64?,65?,68?,69?,70?,71-,72-,79+,80+,85-,86-/m1/s1. The van der Waals surface area contributed by atoms with Crippen LogP contribution in [0.3, 0.4) is 0 Å². The predicted octanol–water partition coefficient (Wildman–Crippen LogP) is 11.5. The molecule has 7 fully saturated rings. The molecule has 32 nitrogen and oxygen atoms in total. The van der Waals surface area contributed by atoms with Crippen molar-refractivity contribution in [1.29, 1.82) is 0 Å². The van der Waals surface area contributed by atoms with Crippen molar-refractivity contribution in [3.63, 3.8) is 0 Å². The van der Waals surface area contributed by atoms with Gasteiger partial charge in [0.1, 0.15) is 47.9 Å². The van der Waals surface area contributed by atoms with Gasteiger partial charge in [-0.2, -0.15) is 5.10 Å². The van der Waals surface area contributed by atoms with Crippen molar-refractivity contribution >= 4 is 81.4 Å². The SMILES string of the molecule is Cc1ncsc1-c1ccc(CNC(=O)[C@@H]2C[C@@H](OO[C@@H]3C[C@@H](C(=O)NCc4ccc(-c5scnc5C)cc4)N(C(=O)[C@@H](NC(=O)C4CC(N5CCC(n6cc(-c7cc(-c8ccccc8O)nnc7N)cn6)CC5)C4)C(C)(C)C)C3)CN2C(=O)[C@@H](NC(=O)C2CCC(CN(C)Cc3cnc(N4C5CCC4CN(c4cc(-c6ccccc6O)nnc4N)C5)nc3)CC2)C(C)(C)C)cc1. The fraction of sp³-hybridized carbons (Fsp3) is 0.474. The number of nitrogens with two attached hydrogens (primary N) is 2. The fourth-order valence-corrected chi connectivity index (χ4v) is 21.6. The van der Waals surface area contributed by atoms with E-state index in [1.165, 1.54) is 9.80 Å². The van der Waals surface area contributed by atoms with Gasteiger partial charge >= 0.3 is 0 Å². The van der Waals surface area contributed by atoms with E-state index in [1.807, 2.05) is 169 Å². The number of para-hydroxylation sites is 2. The molecule has 8 atom stereocenters. The molecule has 34 heteroatoms. The molecule has 17 rings (SSSR count). The molecule has 10 aromatic rings. The second-order valence-electron chi connectivity index (χ2n) is 38.8. The van der Waals surface area contributed by atoms with Gasteiger partial charge in [0, 0.05) is 142 Å². The highest BCUT2D eigenvalue weighted by atomic mass is 32.1. The van der Waals surface area contributed by atoms with E-state index < -0.39 is 70.8 Å². The third-order valence-corrected chi connectivity index (χ3v) is 29.4. The van der Waals surface area contributed by atoms with E-state index in [4.69, 9.17) is 36.3 Å². The summed E-state index contributed by atoms with van der Waals surface area (Å²) >= 11 is 3.11. The lowest BCUT2D eigenvalue weighted by Crippen LogP contribution is -2.60. The quantitative estimate of drug-likeness (QED) is 0.0167. The van der Waals surface area contributed by atoms with Crippen LogP contribution in [0.25, 0.3) is 54.5 Å². The first kappa shape index (κ1) is 91.0. The van der Waals surface area contributed by atoms with E-state index in [0.717, 1.165) is 118 Å². The van der Waals surface area contributed by atoms with Crippen LogP contribution in [0.5, 0.6) is 11.5 Å². The number of benzene rings is 4. The van der Waals surface area contributed by atoms with Crippen LogP contribution in [0.1, 0.15) is 153 Å². The molecule has 6 aromatic heterocycles. The third kappa shape index (κ3) is 20.4. The summed E-state index contributed by atoms with van der Waals surface area (Å²) in [6.45, 7) is 20.0. The molecular formula is C97H118N22O10S2. The van der Waals surface area contributed by atoms with Crippen LogP contribution in [0, 0.1) is 42.4 Å². The summed E-state index contributed by atoms with van der Waals surface area (Å²) < 4.78 is 1.98. The van der Waals surface area contributed by atoms with Crippen molar-refractivity contribution < 1.29 is 48.8 Å². The molecule has 0 spiro atoms. The van der Waals surface area contributed by atoms with Crippen LogP contribution in [-0.4, -0.2) is 223 Å². The zero-order valence-corrected chi connectivity index (χ0v) is 77.3. The molecule has 7 aliphatic rings. The smallest absolute Gasteiger partial charge is 0.246 e. The Morgan fingerprint density at radius 2 is 1.02 bits per heavy atom. The minimum Gasteiger partial charge on any atom is -0.507 e. The summed E-state index contributed by atoms with van der Waals surface area (Å²) in [5, 5.41) is 55.5. The lowest BCUT2D eigenvalue weighted by Gasteiger charge is -2.45. The number of nitrogens with zero attached hydrogens (tertiary/aromatic N) is 16. The highest BCUT2D eigenvalue weighted by Gasteiger charge is 2.51. The summed E-state index contributed by atoms with van der Waals surface area (Å²) in [7, 11) is 2.10. The molecule has 5 saturated heterocycles. The Labute approximate surface area is 771 Å². The number of nitrogen functional groups attached to an aromatic ring is 2. The maximum atomic E-state index is 15.6. The number of aromatic nitrogens is 10. The molecule has 2 aliphatic carbocycles. The van der Waals surface area contributed by atoms with E-state index in [0.29, 0.717) is 91.1 Å². The Hall–Kier alpha value is -12.0. The van der Waals surface area contributed by atoms with Gasteiger partial charge in [0.15, 0.2) is 11.6 Å². The number of piperidine rings is 1. The average Bonchev–Trinajstić information content (AvgIpc) is 1.59. The van der Waals surface area contributed by atoms with Gasteiger partial charge in [-0.25, -0.2) is 29.7 Å². The number of likely N-dealkylation sites (tertiary alicyclic amines) is 3. The third-order valence-electron chi connectivity index (χ3n) is 27.4. The van der Waals surface area contributed by atoms with E-state index in [-0.39, 0.29) is 104 Å². The monoisotopic (exact) mass is 1810 g/mol. The molecular weight excluding hydrogens is 1700 g/mol. The minimum absolute atomic E-state index is 0.0205. The molecule has 0 radical (unpaired) electrons. The topological polar surface area (TPSA) is 402 Å². The number of phenolic OH excluding ortho intramolecular Hbond substituents is 2. The number of rotatable bonds is 28. The first-order valence-electron chi connectivity index (χ1n) is 45.7. The lowest BCUT2D eigenvalue weighted by atomic mass is 9.77. The van der Waals surface area contributed by atoms with Gasteiger partial charge in [0.2, 0.25) is 41.4 Å². The number of aromatic hydroxyl groups is 2. The van der Waals surface area contributed by atoms with Crippen molar-refractivity contribution in [3.05, 3.63) is 173 Å². The van der Waals surface area contributed by atoms with Crippen molar-refractivity contribution in [1.82, 2.24) is 91.0 Å². The number of fused-ring (bicyclic) bond motifs is 2. The molecule has 131 heavy (non-hydrogen) atoms. The highest BCUT2D eigenvalue weighted by Crippen LogP contribution is 2.43. The first-order chi connectivity index (χ1) is 63.0. The number of nitrogens with one attached hydrogen (secondary N) is 4. The molecule has 4 aromatic carbocycles. The van der Waals surface area contributed by atoms with E-state index in [2.05, 4.69) is 78.3 Å². The van der Waals surface area contributed by atoms with Gasteiger partial charge in [-0.3, -0.25) is 33.4 Å². The van der Waals surface area contributed by atoms with Crippen LogP contribution in [0.4, 0.5) is 23.3 Å². The number of hydrogen-bond donors (Lipinski definition) is 8. The van der Waals surface area contributed by atoms with Gasteiger partial charge in [0.05, 0.1) is 74.6 Å². The van der Waals surface area contributed by atoms with Crippen LogP contribution in [-0.2, 0) is 58.2 Å².